The van der Waals surface area contributed by atoms with Gasteiger partial charge in [0, 0.05) is 43.9 Å². The number of benzene rings is 2. The highest BCUT2D eigenvalue weighted by Gasteiger charge is 2.21. The first-order chi connectivity index (χ1) is 13.6. The summed E-state index contributed by atoms with van der Waals surface area (Å²) in [4.78, 5) is 25.7. The minimum absolute atomic E-state index is 0.244. The van der Waals surface area contributed by atoms with Crippen molar-refractivity contribution in [2.24, 2.45) is 0 Å². The third-order valence-electron chi connectivity index (χ3n) is 4.87. The van der Waals surface area contributed by atoms with E-state index in [0.717, 1.165) is 36.4 Å². The van der Waals surface area contributed by atoms with Crippen LogP contribution >= 0.6 is 0 Å². The zero-order valence-corrected chi connectivity index (χ0v) is 16.1. The molecule has 6 nitrogen and oxygen atoms in total. The van der Waals surface area contributed by atoms with Gasteiger partial charge in [0.25, 0.3) is 5.91 Å². The standard InChI is InChI=1S/C22H23N5O/c1-26(2)18-11-9-17(10-12-18)24-21(28)19-13-14-23-22(25-19)27-15-5-7-16-6-3-4-8-20(16)27/h3-4,6,8-14H,5,7,15H2,1-2H3,(H,24,28). The highest BCUT2D eigenvalue weighted by atomic mass is 16.1. The quantitative estimate of drug-likeness (QED) is 0.752. The van der Waals surface area contributed by atoms with Gasteiger partial charge in [0.2, 0.25) is 5.95 Å². The van der Waals surface area contributed by atoms with Crippen molar-refractivity contribution in [2.75, 3.05) is 35.8 Å². The van der Waals surface area contributed by atoms with E-state index in [1.54, 1.807) is 12.3 Å². The molecule has 0 aliphatic carbocycles. The lowest BCUT2D eigenvalue weighted by atomic mass is 10.0. The second kappa shape index (κ2) is 7.68. The average Bonchev–Trinajstić information content (AvgIpc) is 2.74. The Morgan fingerprint density at radius 3 is 2.64 bits per heavy atom. The van der Waals surface area contributed by atoms with Crippen LogP contribution in [0.2, 0.25) is 0 Å². The Morgan fingerprint density at radius 2 is 1.86 bits per heavy atom. The molecule has 0 unspecified atom stereocenters. The third-order valence-corrected chi connectivity index (χ3v) is 4.87. The number of anilines is 4. The van der Waals surface area contributed by atoms with Crippen molar-refractivity contribution in [3.8, 4) is 0 Å². The van der Waals surface area contributed by atoms with Crippen LogP contribution in [0.15, 0.2) is 60.8 Å². The van der Waals surface area contributed by atoms with Gasteiger partial charge in [-0.2, -0.15) is 0 Å². The molecule has 0 saturated heterocycles. The Labute approximate surface area is 164 Å². The van der Waals surface area contributed by atoms with E-state index >= 15 is 0 Å². The number of nitrogens with one attached hydrogen (secondary N) is 1. The Hall–Kier alpha value is -3.41. The van der Waals surface area contributed by atoms with Crippen LogP contribution in [0.1, 0.15) is 22.5 Å². The zero-order valence-electron chi connectivity index (χ0n) is 16.1. The molecular formula is C22H23N5O. The van der Waals surface area contributed by atoms with Crippen molar-refractivity contribution >= 4 is 28.9 Å². The molecule has 0 bridgehead atoms. The van der Waals surface area contributed by atoms with Crippen LogP contribution in [0.25, 0.3) is 0 Å². The monoisotopic (exact) mass is 373 g/mol. The number of hydrogen-bond acceptors (Lipinski definition) is 5. The molecule has 0 atom stereocenters. The van der Waals surface area contributed by atoms with E-state index < -0.39 is 0 Å². The number of fused-ring (bicyclic) bond motifs is 1. The third kappa shape index (κ3) is 3.67. The topological polar surface area (TPSA) is 61.4 Å². The van der Waals surface area contributed by atoms with Crippen molar-refractivity contribution < 1.29 is 4.79 Å². The minimum atomic E-state index is -0.244. The van der Waals surface area contributed by atoms with Gasteiger partial charge in [-0.25, -0.2) is 9.97 Å². The number of aryl methyl sites for hydroxylation is 1. The first kappa shape index (κ1) is 18.0. The number of para-hydroxylation sites is 1. The van der Waals surface area contributed by atoms with E-state index in [1.807, 2.05) is 49.3 Å². The molecular weight excluding hydrogens is 350 g/mol. The average molecular weight is 373 g/mol. The highest BCUT2D eigenvalue weighted by molar-refractivity contribution is 6.03. The van der Waals surface area contributed by atoms with E-state index in [9.17, 15) is 4.79 Å². The fraction of sp³-hybridized carbons (Fsp3) is 0.227. The van der Waals surface area contributed by atoms with Crippen LogP contribution in [-0.4, -0.2) is 36.5 Å². The molecule has 1 aliphatic heterocycles. The molecule has 1 N–H and O–H groups in total. The molecule has 28 heavy (non-hydrogen) atoms. The number of nitrogens with zero attached hydrogens (tertiary/aromatic N) is 4. The van der Waals surface area contributed by atoms with Gasteiger partial charge in [0.1, 0.15) is 5.69 Å². The Kier molecular flexibility index (Phi) is 4.93. The summed E-state index contributed by atoms with van der Waals surface area (Å²) in [5.41, 5.74) is 4.56. The Bertz CT molecular complexity index is 984. The number of hydrogen-bond donors (Lipinski definition) is 1. The summed E-state index contributed by atoms with van der Waals surface area (Å²) >= 11 is 0. The van der Waals surface area contributed by atoms with Crippen LogP contribution in [0, 0.1) is 0 Å². The van der Waals surface area contributed by atoms with Gasteiger partial charge in [-0.15, -0.1) is 0 Å². The fourth-order valence-corrected chi connectivity index (χ4v) is 3.38. The van der Waals surface area contributed by atoms with Crippen LogP contribution in [0.5, 0.6) is 0 Å². The van der Waals surface area contributed by atoms with Gasteiger partial charge in [0.15, 0.2) is 0 Å². The van der Waals surface area contributed by atoms with Gasteiger partial charge in [-0.3, -0.25) is 4.79 Å². The lowest BCUT2D eigenvalue weighted by Crippen LogP contribution is -2.27. The van der Waals surface area contributed by atoms with E-state index in [-0.39, 0.29) is 5.91 Å². The number of carbonyl (C=O) groups excluding carboxylic acids is 1. The molecule has 4 rings (SSSR count). The number of rotatable bonds is 4. The molecule has 1 amide bonds. The minimum Gasteiger partial charge on any atom is -0.378 e. The molecule has 6 heteroatoms. The van der Waals surface area contributed by atoms with Gasteiger partial charge in [0.05, 0.1) is 0 Å². The highest BCUT2D eigenvalue weighted by Crippen LogP contribution is 2.31. The van der Waals surface area contributed by atoms with Gasteiger partial charge >= 0.3 is 0 Å². The van der Waals surface area contributed by atoms with E-state index in [1.165, 1.54) is 5.56 Å². The molecule has 0 spiro atoms. The largest absolute Gasteiger partial charge is 0.378 e. The summed E-state index contributed by atoms with van der Waals surface area (Å²) in [6.45, 7) is 0.841. The Balaban J connectivity index is 1.55. The zero-order chi connectivity index (χ0) is 19.5. The van der Waals surface area contributed by atoms with Crippen LogP contribution in [0.3, 0.4) is 0 Å². The molecule has 1 aliphatic rings. The number of amides is 1. The summed E-state index contributed by atoms with van der Waals surface area (Å²) < 4.78 is 0. The van der Waals surface area contributed by atoms with E-state index in [4.69, 9.17) is 0 Å². The van der Waals surface area contributed by atoms with Crippen molar-refractivity contribution in [3.63, 3.8) is 0 Å². The Morgan fingerprint density at radius 1 is 1.07 bits per heavy atom. The van der Waals surface area contributed by atoms with Gasteiger partial charge in [-0.1, -0.05) is 18.2 Å². The van der Waals surface area contributed by atoms with Crippen molar-refractivity contribution in [2.45, 2.75) is 12.8 Å². The molecule has 142 valence electrons. The number of aromatic nitrogens is 2. The molecule has 0 saturated carbocycles. The molecule has 0 radical (unpaired) electrons. The summed E-state index contributed by atoms with van der Waals surface area (Å²) in [7, 11) is 3.96. The van der Waals surface area contributed by atoms with Crippen LogP contribution in [-0.2, 0) is 6.42 Å². The predicted molar refractivity (Wildman–Crippen MR) is 113 cm³/mol. The SMILES string of the molecule is CN(C)c1ccc(NC(=O)c2ccnc(N3CCCc4ccccc43)n2)cc1. The maximum atomic E-state index is 12.7. The lowest BCUT2D eigenvalue weighted by molar-refractivity contribution is 0.102. The van der Waals surface area contributed by atoms with Gasteiger partial charge < -0.3 is 15.1 Å². The molecule has 2 aromatic carbocycles. The fourth-order valence-electron chi connectivity index (χ4n) is 3.38. The molecule has 1 aromatic heterocycles. The summed E-state index contributed by atoms with van der Waals surface area (Å²) in [6.07, 6.45) is 3.73. The van der Waals surface area contributed by atoms with Crippen LogP contribution < -0.4 is 15.1 Å². The van der Waals surface area contributed by atoms with E-state index in [0.29, 0.717) is 11.6 Å². The second-order valence-electron chi connectivity index (χ2n) is 7.02. The second-order valence-corrected chi connectivity index (χ2v) is 7.02. The summed E-state index contributed by atoms with van der Waals surface area (Å²) in [6, 6.07) is 17.6. The van der Waals surface area contributed by atoms with Crippen molar-refractivity contribution in [1.82, 2.24) is 9.97 Å². The maximum absolute atomic E-state index is 12.7. The smallest absolute Gasteiger partial charge is 0.274 e. The van der Waals surface area contributed by atoms with Crippen molar-refractivity contribution in [3.05, 3.63) is 72.1 Å². The lowest BCUT2D eigenvalue weighted by Gasteiger charge is -2.29. The normalized spacial score (nSPS) is 13.0. The predicted octanol–water partition coefficient (Wildman–Crippen LogP) is 3.88. The molecule has 0 fully saturated rings. The van der Waals surface area contributed by atoms with E-state index in [2.05, 4.69) is 38.4 Å². The molecule has 2 heterocycles. The first-order valence-electron chi connectivity index (χ1n) is 9.39. The number of carbonyl (C=O) groups is 1. The summed E-state index contributed by atoms with van der Waals surface area (Å²) in [5, 5.41) is 2.91. The first-order valence-corrected chi connectivity index (χ1v) is 9.39. The van der Waals surface area contributed by atoms with Crippen molar-refractivity contribution in [1.29, 1.82) is 0 Å². The summed E-state index contributed by atoms with van der Waals surface area (Å²) in [5.74, 6) is 0.314. The maximum Gasteiger partial charge on any atom is 0.274 e. The van der Waals surface area contributed by atoms with Gasteiger partial charge in [-0.05, 0) is 54.8 Å². The van der Waals surface area contributed by atoms with Crippen LogP contribution in [0.4, 0.5) is 23.0 Å². The molecule has 3 aromatic rings.